The van der Waals surface area contributed by atoms with E-state index in [0.717, 1.165) is 31.3 Å². The average Bonchev–Trinajstić information content (AvgIpc) is 3.35. The third-order valence-electron chi connectivity index (χ3n) is 5.01. The molecule has 1 fully saturated rings. The summed E-state index contributed by atoms with van der Waals surface area (Å²) in [6.45, 7) is 1.70. The molecule has 7 heteroatoms. The van der Waals surface area contributed by atoms with Gasteiger partial charge in [-0.05, 0) is 49.2 Å². The van der Waals surface area contributed by atoms with Crippen molar-refractivity contribution in [2.75, 3.05) is 18.0 Å². The van der Waals surface area contributed by atoms with E-state index in [1.807, 2.05) is 6.07 Å². The topological polar surface area (TPSA) is 79.5 Å². The zero-order valence-electron chi connectivity index (χ0n) is 14.9. The van der Waals surface area contributed by atoms with E-state index >= 15 is 0 Å². The molecule has 0 radical (unpaired) electrons. The van der Waals surface area contributed by atoms with Crippen molar-refractivity contribution in [3.05, 3.63) is 53.8 Å². The Labute approximate surface area is 159 Å². The average molecular weight is 377 g/mol. The number of aromatic nitrogens is 2. The molecule has 0 spiro atoms. The first-order valence-electron chi connectivity index (χ1n) is 9.08. The van der Waals surface area contributed by atoms with Gasteiger partial charge in [-0.15, -0.1) is 0 Å². The van der Waals surface area contributed by atoms with Gasteiger partial charge in [0.15, 0.2) is 11.6 Å². The van der Waals surface area contributed by atoms with Crippen LogP contribution in [-0.2, 0) is 0 Å². The number of aromatic carboxylic acids is 1. The van der Waals surface area contributed by atoms with Crippen molar-refractivity contribution in [2.24, 2.45) is 0 Å². The van der Waals surface area contributed by atoms with Gasteiger partial charge in [0.2, 0.25) is 0 Å². The van der Waals surface area contributed by atoms with Crippen LogP contribution in [0.4, 0.5) is 10.2 Å². The van der Waals surface area contributed by atoms with Crippen molar-refractivity contribution < 1.29 is 18.7 Å². The van der Waals surface area contributed by atoms with E-state index in [9.17, 15) is 14.3 Å². The Morgan fingerprint density at radius 2 is 1.86 bits per heavy atom. The number of hydrogen-bond acceptors (Lipinski definition) is 5. The highest BCUT2D eigenvalue weighted by Gasteiger charge is 2.23. The van der Waals surface area contributed by atoms with Crippen LogP contribution < -0.4 is 4.90 Å². The Hall–Kier alpha value is -3.48. The van der Waals surface area contributed by atoms with Gasteiger partial charge in [0.25, 0.3) is 0 Å². The monoisotopic (exact) mass is 377 g/mol. The lowest BCUT2D eigenvalue weighted by atomic mass is 10.1. The second kappa shape index (κ2) is 6.30. The number of fused-ring (bicyclic) bond motifs is 2. The lowest BCUT2D eigenvalue weighted by Gasteiger charge is -2.19. The second-order valence-electron chi connectivity index (χ2n) is 6.89. The van der Waals surface area contributed by atoms with Crippen LogP contribution in [-0.4, -0.2) is 34.1 Å². The van der Waals surface area contributed by atoms with E-state index in [4.69, 9.17) is 14.4 Å². The zero-order valence-corrected chi connectivity index (χ0v) is 14.9. The van der Waals surface area contributed by atoms with Gasteiger partial charge >= 0.3 is 5.97 Å². The third kappa shape index (κ3) is 2.76. The van der Waals surface area contributed by atoms with Gasteiger partial charge in [0.1, 0.15) is 17.1 Å². The molecule has 0 unspecified atom stereocenters. The minimum absolute atomic E-state index is 0.168. The molecule has 2 aromatic carbocycles. The number of carboxylic acid groups (broad SMARTS) is 1. The lowest BCUT2D eigenvalue weighted by Crippen LogP contribution is -2.20. The van der Waals surface area contributed by atoms with Crippen LogP contribution in [0.2, 0.25) is 0 Å². The normalized spacial score (nSPS) is 14.2. The summed E-state index contributed by atoms with van der Waals surface area (Å²) in [7, 11) is 0. The zero-order chi connectivity index (χ0) is 19.3. The first-order chi connectivity index (χ1) is 13.6. The largest absolute Gasteiger partial charge is 0.478 e. The van der Waals surface area contributed by atoms with E-state index in [2.05, 4.69) is 4.90 Å². The van der Waals surface area contributed by atoms with Crippen LogP contribution in [0.25, 0.3) is 33.5 Å². The van der Waals surface area contributed by atoms with Crippen LogP contribution in [0.5, 0.6) is 0 Å². The molecule has 140 valence electrons. The summed E-state index contributed by atoms with van der Waals surface area (Å²) in [6, 6.07) is 10.9. The Balaban J connectivity index is 1.73. The summed E-state index contributed by atoms with van der Waals surface area (Å²) in [5.41, 5.74) is 2.29. The summed E-state index contributed by atoms with van der Waals surface area (Å²) in [5.74, 6) is -0.194. The number of carboxylic acids is 1. The number of anilines is 1. The van der Waals surface area contributed by atoms with Crippen molar-refractivity contribution >= 4 is 33.8 Å². The van der Waals surface area contributed by atoms with Gasteiger partial charge in [-0.3, -0.25) is 0 Å². The summed E-state index contributed by atoms with van der Waals surface area (Å²) >= 11 is 0. The third-order valence-corrected chi connectivity index (χ3v) is 5.01. The van der Waals surface area contributed by atoms with E-state index in [0.29, 0.717) is 33.9 Å². The molecule has 6 nitrogen and oxygen atoms in total. The molecule has 1 aliphatic rings. The van der Waals surface area contributed by atoms with Crippen molar-refractivity contribution in [1.29, 1.82) is 0 Å². The van der Waals surface area contributed by atoms with E-state index < -0.39 is 5.97 Å². The predicted molar refractivity (Wildman–Crippen MR) is 103 cm³/mol. The summed E-state index contributed by atoms with van der Waals surface area (Å²) in [4.78, 5) is 22.9. The van der Waals surface area contributed by atoms with Crippen LogP contribution >= 0.6 is 0 Å². The second-order valence-corrected chi connectivity index (χ2v) is 6.89. The van der Waals surface area contributed by atoms with E-state index in [1.165, 1.54) is 24.3 Å². The lowest BCUT2D eigenvalue weighted by molar-refractivity contribution is 0.0697. The van der Waals surface area contributed by atoms with Gasteiger partial charge in [-0.25, -0.2) is 19.2 Å². The number of hydrogen-bond donors (Lipinski definition) is 1. The fraction of sp³-hybridized carbons (Fsp3) is 0.190. The number of benzene rings is 2. The van der Waals surface area contributed by atoms with Crippen LogP contribution in [0.3, 0.4) is 0 Å². The highest BCUT2D eigenvalue weighted by molar-refractivity contribution is 5.94. The Morgan fingerprint density at radius 1 is 1.04 bits per heavy atom. The minimum Gasteiger partial charge on any atom is -0.478 e. The highest BCUT2D eigenvalue weighted by Crippen LogP contribution is 2.35. The predicted octanol–water partition coefficient (Wildman–Crippen LogP) is 4.48. The maximum atomic E-state index is 13.5. The molecular formula is C21H16FN3O3. The maximum absolute atomic E-state index is 13.5. The van der Waals surface area contributed by atoms with Gasteiger partial charge in [-0.1, -0.05) is 0 Å². The number of furan rings is 1. The highest BCUT2D eigenvalue weighted by atomic mass is 19.1. The summed E-state index contributed by atoms with van der Waals surface area (Å²) < 4.78 is 19.4. The molecule has 1 saturated heterocycles. The molecule has 1 N–H and O–H groups in total. The Kier molecular flexibility index (Phi) is 3.75. The summed E-state index contributed by atoms with van der Waals surface area (Å²) in [6.07, 6.45) is 2.11. The summed E-state index contributed by atoms with van der Waals surface area (Å²) in [5, 5.41) is 10.0. The van der Waals surface area contributed by atoms with Crippen LogP contribution in [0, 0.1) is 5.82 Å². The number of rotatable bonds is 3. The molecule has 4 aromatic rings. The molecule has 0 aliphatic carbocycles. The van der Waals surface area contributed by atoms with Gasteiger partial charge < -0.3 is 14.4 Å². The number of nitrogens with zero attached hydrogens (tertiary/aromatic N) is 3. The molecule has 5 rings (SSSR count). The molecule has 0 amide bonds. The molecule has 28 heavy (non-hydrogen) atoms. The quantitative estimate of drug-likeness (QED) is 0.567. The van der Waals surface area contributed by atoms with Crippen molar-refractivity contribution in [1.82, 2.24) is 9.97 Å². The van der Waals surface area contributed by atoms with Gasteiger partial charge in [-0.2, -0.15) is 0 Å². The van der Waals surface area contributed by atoms with Crippen molar-refractivity contribution in [3.63, 3.8) is 0 Å². The standard InChI is InChI=1S/C21H16FN3O3/c22-14-5-3-12-10-18(28-17(12)11-14)19-20(25-7-1-2-8-25)24-16-9-13(21(26)27)4-6-15(16)23-19/h3-6,9-11H,1-2,7-8H2,(H,26,27). The maximum Gasteiger partial charge on any atom is 0.335 e. The fourth-order valence-electron chi connectivity index (χ4n) is 3.61. The molecule has 0 bridgehead atoms. The Bertz CT molecular complexity index is 1230. The number of halogens is 1. The molecule has 3 heterocycles. The van der Waals surface area contributed by atoms with E-state index in [-0.39, 0.29) is 11.4 Å². The molecule has 0 saturated carbocycles. The molecular weight excluding hydrogens is 361 g/mol. The fourth-order valence-corrected chi connectivity index (χ4v) is 3.61. The first kappa shape index (κ1) is 16.7. The van der Waals surface area contributed by atoms with E-state index in [1.54, 1.807) is 12.1 Å². The van der Waals surface area contributed by atoms with Crippen molar-refractivity contribution in [2.45, 2.75) is 12.8 Å². The molecule has 0 atom stereocenters. The van der Waals surface area contributed by atoms with Gasteiger partial charge in [0, 0.05) is 24.5 Å². The van der Waals surface area contributed by atoms with Crippen molar-refractivity contribution in [3.8, 4) is 11.5 Å². The smallest absolute Gasteiger partial charge is 0.335 e. The van der Waals surface area contributed by atoms with Gasteiger partial charge in [0.05, 0.1) is 16.6 Å². The molecule has 1 aliphatic heterocycles. The first-order valence-corrected chi connectivity index (χ1v) is 9.08. The SMILES string of the molecule is O=C(O)c1ccc2nc(-c3cc4ccc(F)cc4o3)c(N3CCCC3)nc2c1. The van der Waals surface area contributed by atoms with Crippen LogP contribution in [0.15, 0.2) is 46.9 Å². The molecule has 2 aromatic heterocycles. The van der Waals surface area contributed by atoms with Crippen LogP contribution in [0.1, 0.15) is 23.2 Å². The minimum atomic E-state index is -1.00. The Morgan fingerprint density at radius 3 is 2.64 bits per heavy atom. The number of carbonyl (C=O) groups is 1.